The van der Waals surface area contributed by atoms with E-state index in [2.05, 4.69) is 15.1 Å². The van der Waals surface area contributed by atoms with Crippen molar-refractivity contribution in [3.8, 4) is 17.1 Å². The van der Waals surface area contributed by atoms with Crippen LogP contribution in [0.3, 0.4) is 0 Å². The highest BCUT2D eigenvalue weighted by atomic mass is 35.5. The molecule has 2 heterocycles. The number of aromatic nitrogens is 4. The van der Waals surface area contributed by atoms with Crippen molar-refractivity contribution in [2.24, 2.45) is 0 Å². The smallest absolute Gasteiger partial charge is 0.341 e. The maximum atomic E-state index is 11.5. The Hall–Kier alpha value is -2.73. The largest absolute Gasteiger partial charge is 0.478 e. The fraction of sp³-hybridized carbons (Fsp3) is 0. The van der Waals surface area contributed by atoms with Gasteiger partial charge in [-0.2, -0.15) is 5.10 Å². The monoisotopic (exact) mass is 300 g/mol. The van der Waals surface area contributed by atoms with E-state index < -0.39 is 5.97 Å². The van der Waals surface area contributed by atoms with Crippen molar-refractivity contribution in [1.82, 2.24) is 19.7 Å². The van der Waals surface area contributed by atoms with Gasteiger partial charge in [-0.3, -0.25) is 4.98 Å². The number of hydrogen-bond donors (Lipinski definition) is 1. The fourth-order valence-electron chi connectivity index (χ4n) is 1.94. The van der Waals surface area contributed by atoms with Gasteiger partial charge in [-0.15, -0.1) is 0 Å². The third-order valence-corrected chi connectivity index (χ3v) is 3.21. The van der Waals surface area contributed by atoms with E-state index in [0.717, 1.165) is 0 Å². The van der Waals surface area contributed by atoms with Crippen molar-refractivity contribution in [3.05, 3.63) is 59.6 Å². The van der Waals surface area contributed by atoms with Crippen LogP contribution in [0.4, 0.5) is 0 Å². The van der Waals surface area contributed by atoms with E-state index in [4.69, 9.17) is 11.6 Å². The molecule has 1 N–H and O–H groups in total. The molecule has 21 heavy (non-hydrogen) atoms. The Morgan fingerprint density at radius 2 is 1.95 bits per heavy atom. The molecule has 0 fully saturated rings. The summed E-state index contributed by atoms with van der Waals surface area (Å²) >= 11 is 6.16. The van der Waals surface area contributed by atoms with Crippen LogP contribution in [0.1, 0.15) is 10.4 Å². The lowest BCUT2D eigenvalue weighted by Gasteiger charge is -1.99. The van der Waals surface area contributed by atoms with Gasteiger partial charge in [-0.05, 0) is 0 Å². The van der Waals surface area contributed by atoms with E-state index >= 15 is 0 Å². The summed E-state index contributed by atoms with van der Waals surface area (Å²) in [6, 6.07) is 8.98. The number of benzene rings is 1. The van der Waals surface area contributed by atoms with E-state index in [1.807, 2.05) is 6.07 Å². The average molecular weight is 301 g/mol. The second-order valence-electron chi connectivity index (χ2n) is 4.16. The van der Waals surface area contributed by atoms with Crippen LogP contribution in [-0.4, -0.2) is 30.8 Å². The van der Waals surface area contributed by atoms with Crippen LogP contribution in [0.15, 0.2) is 48.9 Å². The molecule has 0 aliphatic rings. The molecular formula is C14H9ClN4O2. The van der Waals surface area contributed by atoms with Crippen molar-refractivity contribution in [2.75, 3.05) is 0 Å². The minimum atomic E-state index is -1.14. The van der Waals surface area contributed by atoms with Gasteiger partial charge in [0.05, 0.1) is 6.20 Å². The van der Waals surface area contributed by atoms with Gasteiger partial charge in [0.2, 0.25) is 0 Å². The van der Waals surface area contributed by atoms with Crippen molar-refractivity contribution in [3.63, 3.8) is 0 Å². The minimum Gasteiger partial charge on any atom is -0.478 e. The molecule has 6 nitrogen and oxygen atoms in total. The zero-order valence-electron chi connectivity index (χ0n) is 10.6. The first kappa shape index (κ1) is 13.3. The molecule has 0 spiro atoms. The Morgan fingerprint density at radius 3 is 2.57 bits per heavy atom. The molecule has 3 rings (SSSR count). The molecule has 0 aliphatic carbocycles. The van der Waals surface area contributed by atoms with Gasteiger partial charge in [-0.25, -0.2) is 14.5 Å². The third kappa shape index (κ3) is 2.36. The van der Waals surface area contributed by atoms with Crippen molar-refractivity contribution in [2.45, 2.75) is 0 Å². The quantitative estimate of drug-likeness (QED) is 0.804. The summed E-state index contributed by atoms with van der Waals surface area (Å²) in [5.74, 6) is -0.791. The molecule has 0 amide bonds. The number of carboxylic acid groups (broad SMARTS) is 1. The molecule has 0 saturated carbocycles. The van der Waals surface area contributed by atoms with Gasteiger partial charge in [0.1, 0.15) is 16.4 Å². The van der Waals surface area contributed by atoms with E-state index in [1.165, 1.54) is 23.3 Å². The number of carbonyl (C=O) groups is 1. The predicted molar refractivity (Wildman–Crippen MR) is 76.6 cm³/mol. The fourth-order valence-corrected chi connectivity index (χ4v) is 2.23. The van der Waals surface area contributed by atoms with Crippen LogP contribution in [0.2, 0.25) is 5.15 Å². The zero-order chi connectivity index (χ0) is 14.8. The topological polar surface area (TPSA) is 80.9 Å². The summed E-state index contributed by atoms with van der Waals surface area (Å²) in [5, 5.41) is 13.7. The van der Waals surface area contributed by atoms with Gasteiger partial charge < -0.3 is 5.11 Å². The van der Waals surface area contributed by atoms with Crippen LogP contribution in [0.5, 0.6) is 0 Å². The van der Waals surface area contributed by atoms with Crippen LogP contribution in [0.25, 0.3) is 17.1 Å². The summed E-state index contributed by atoms with van der Waals surface area (Å²) in [7, 11) is 0. The van der Waals surface area contributed by atoms with E-state index in [-0.39, 0.29) is 10.7 Å². The van der Waals surface area contributed by atoms with Gasteiger partial charge in [0.15, 0.2) is 5.82 Å². The maximum Gasteiger partial charge on any atom is 0.341 e. The molecule has 2 aromatic heterocycles. The Balaban J connectivity index is 2.24. The molecule has 7 heteroatoms. The summed E-state index contributed by atoms with van der Waals surface area (Å²) in [4.78, 5) is 19.5. The molecule has 0 radical (unpaired) electrons. The second kappa shape index (κ2) is 5.34. The second-order valence-corrected chi connectivity index (χ2v) is 4.52. The summed E-state index contributed by atoms with van der Waals surface area (Å²) in [6.07, 6.45) is 4.45. The van der Waals surface area contributed by atoms with Crippen molar-refractivity contribution < 1.29 is 9.90 Å². The number of aromatic carboxylic acids is 1. The van der Waals surface area contributed by atoms with Crippen LogP contribution in [-0.2, 0) is 0 Å². The molecule has 0 unspecified atom stereocenters. The Kier molecular flexibility index (Phi) is 3.37. The lowest BCUT2D eigenvalue weighted by Crippen LogP contribution is -2.01. The Bertz CT molecular complexity index is 787. The van der Waals surface area contributed by atoms with E-state index in [0.29, 0.717) is 17.1 Å². The number of halogens is 1. The average Bonchev–Trinajstić information content (AvgIpc) is 2.87. The standard InChI is InChI=1S/C14H9ClN4O2/c15-13-11(14(20)21)12(9-4-2-1-3-5-9)18-19(13)10-8-16-6-7-17-10/h1-8H,(H,20,21). The summed E-state index contributed by atoms with van der Waals surface area (Å²) < 4.78 is 1.26. The number of rotatable bonds is 3. The first-order valence-electron chi connectivity index (χ1n) is 6.02. The molecule has 0 aliphatic heterocycles. The summed E-state index contributed by atoms with van der Waals surface area (Å²) in [6.45, 7) is 0. The predicted octanol–water partition coefficient (Wildman–Crippen LogP) is 2.68. The Labute approximate surface area is 124 Å². The molecule has 104 valence electrons. The first-order chi connectivity index (χ1) is 10.2. The third-order valence-electron chi connectivity index (χ3n) is 2.86. The molecule has 1 aromatic carbocycles. The molecule has 0 saturated heterocycles. The van der Waals surface area contributed by atoms with Crippen molar-refractivity contribution in [1.29, 1.82) is 0 Å². The van der Waals surface area contributed by atoms with Gasteiger partial charge in [0.25, 0.3) is 0 Å². The lowest BCUT2D eigenvalue weighted by atomic mass is 10.1. The number of carboxylic acids is 1. The zero-order valence-corrected chi connectivity index (χ0v) is 11.4. The van der Waals surface area contributed by atoms with Gasteiger partial charge in [-0.1, -0.05) is 41.9 Å². The number of nitrogens with zero attached hydrogens (tertiary/aromatic N) is 4. The van der Waals surface area contributed by atoms with Crippen molar-refractivity contribution >= 4 is 17.6 Å². The van der Waals surface area contributed by atoms with E-state index in [1.54, 1.807) is 24.3 Å². The SMILES string of the molecule is O=C(O)c1c(-c2ccccc2)nn(-c2cnccn2)c1Cl. The molecule has 0 atom stereocenters. The first-order valence-corrected chi connectivity index (χ1v) is 6.40. The van der Waals surface area contributed by atoms with Gasteiger partial charge in [0, 0.05) is 18.0 Å². The molecule has 3 aromatic rings. The molecular weight excluding hydrogens is 292 g/mol. The highest BCUT2D eigenvalue weighted by Gasteiger charge is 2.24. The summed E-state index contributed by atoms with van der Waals surface area (Å²) in [5.41, 5.74) is 0.895. The Morgan fingerprint density at radius 1 is 1.19 bits per heavy atom. The van der Waals surface area contributed by atoms with Gasteiger partial charge >= 0.3 is 5.97 Å². The lowest BCUT2D eigenvalue weighted by molar-refractivity contribution is 0.0698. The highest BCUT2D eigenvalue weighted by molar-refractivity contribution is 6.33. The van der Waals surface area contributed by atoms with Crippen LogP contribution >= 0.6 is 11.6 Å². The number of hydrogen-bond acceptors (Lipinski definition) is 4. The van der Waals surface area contributed by atoms with E-state index in [9.17, 15) is 9.90 Å². The normalized spacial score (nSPS) is 10.5. The van der Waals surface area contributed by atoms with Crippen LogP contribution < -0.4 is 0 Å². The van der Waals surface area contributed by atoms with Crippen LogP contribution in [0, 0.1) is 0 Å². The maximum absolute atomic E-state index is 11.5. The highest BCUT2D eigenvalue weighted by Crippen LogP contribution is 2.30. The minimum absolute atomic E-state index is 0.0122. The molecule has 0 bridgehead atoms.